The van der Waals surface area contributed by atoms with Gasteiger partial charge >= 0.3 is 0 Å². The first kappa shape index (κ1) is 20.4. The van der Waals surface area contributed by atoms with Crippen LogP contribution in [-0.2, 0) is 16.3 Å². The van der Waals surface area contributed by atoms with Gasteiger partial charge in [0.2, 0.25) is 15.8 Å². The lowest BCUT2D eigenvalue weighted by atomic mass is 10.1. The van der Waals surface area contributed by atoms with Gasteiger partial charge in [0.05, 0.1) is 15.3 Å². The van der Waals surface area contributed by atoms with E-state index >= 15 is 0 Å². The van der Waals surface area contributed by atoms with E-state index in [4.69, 9.17) is 17.2 Å². The lowest BCUT2D eigenvalue weighted by Crippen LogP contribution is -2.06. The van der Waals surface area contributed by atoms with Crippen LogP contribution in [-0.4, -0.2) is 24.9 Å². The number of benzene rings is 3. The van der Waals surface area contributed by atoms with Crippen LogP contribution >= 0.6 is 0 Å². The quantitative estimate of drug-likeness (QED) is 0.338. The van der Waals surface area contributed by atoms with Crippen LogP contribution in [0, 0.1) is 0 Å². The van der Waals surface area contributed by atoms with Gasteiger partial charge in [0.25, 0.3) is 0 Å². The van der Waals surface area contributed by atoms with E-state index in [2.05, 4.69) is 15.3 Å². The molecule has 1 aromatic heterocycles. The van der Waals surface area contributed by atoms with E-state index in [9.17, 15) is 8.42 Å². The molecule has 7 N–H and O–H groups in total. The summed E-state index contributed by atoms with van der Waals surface area (Å²) in [5, 5.41) is 4.06. The number of nitrogens with zero attached hydrogens (tertiary/aromatic N) is 2. The molecule has 31 heavy (non-hydrogen) atoms. The first-order chi connectivity index (χ1) is 14.8. The summed E-state index contributed by atoms with van der Waals surface area (Å²) in [6.45, 7) is 0.658. The Kier molecular flexibility index (Phi) is 5.35. The molecule has 0 aliphatic rings. The minimum absolute atomic E-state index is 0.146. The predicted molar refractivity (Wildman–Crippen MR) is 123 cm³/mol. The first-order valence-electron chi connectivity index (χ1n) is 9.59. The molecule has 0 saturated carbocycles. The van der Waals surface area contributed by atoms with Gasteiger partial charge in [-0.15, -0.1) is 0 Å². The van der Waals surface area contributed by atoms with E-state index in [1.54, 1.807) is 24.3 Å². The van der Waals surface area contributed by atoms with Gasteiger partial charge < -0.3 is 22.5 Å². The molecule has 9 heteroatoms. The topological polar surface area (TPSA) is 150 Å². The van der Waals surface area contributed by atoms with Gasteiger partial charge in [-0.05, 0) is 66.6 Å². The monoisotopic (exact) mass is 434 g/mol. The van der Waals surface area contributed by atoms with Crippen LogP contribution in [0.25, 0.3) is 10.9 Å². The number of fused-ring (bicyclic) bond motifs is 1. The van der Waals surface area contributed by atoms with Gasteiger partial charge in [-0.3, -0.25) is 0 Å². The van der Waals surface area contributed by atoms with Crippen molar-refractivity contribution in [1.29, 1.82) is 0 Å². The van der Waals surface area contributed by atoms with Gasteiger partial charge in [-0.25, -0.2) is 13.4 Å². The zero-order valence-electron chi connectivity index (χ0n) is 16.6. The highest BCUT2D eigenvalue weighted by Crippen LogP contribution is 2.24. The molecule has 0 atom stereocenters. The van der Waals surface area contributed by atoms with Crippen molar-refractivity contribution in [2.45, 2.75) is 16.2 Å². The van der Waals surface area contributed by atoms with Crippen LogP contribution in [0.5, 0.6) is 0 Å². The molecule has 0 amide bonds. The fourth-order valence-electron chi connectivity index (χ4n) is 3.25. The standard InChI is InChI=1S/C22H22N6O2S/c23-15-3-8-18(9-4-15)31(29,30)17-6-1-14(2-7-17)11-12-26-16-5-10-20-19(13-16)21(24)28-22(25)27-20/h1-10,13,26H,11-12,23H2,(H4,24,25,27,28). The van der Waals surface area contributed by atoms with Crippen molar-refractivity contribution in [3.05, 3.63) is 72.3 Å². The summed E-state index contributed by atoms with van der Waals surface area (Å²) in [6, 6.07) is 18.7. The molecule has 0 aliphatic heterocycles. The molecular formula is C22H22N6O2S. The van der Waals surface area contributed by atoms with Gasteiger partial charge in [-0.1, -0.05) is 12.1 Å². The summed E-state index contributed by atoms with van der Waals surface area (Å²) >= 11 is 0. The highest BCUT2D eigenvalue weighted by molar-refractivity contribution is 7.91. The molecule has 0 spiro atoms. The third kappa shape index (κ3) is 4.36. The molecule has 1 heterocycles. The molecule has 158 valence electrons. The van der Waals surface area contributed by atoms with Crippen LogP contribution in [0.1, 0.15) is 5.56 Å². The van der Waals surface area contributed by atoms with Crippen LogP contribution < -0.4 is 22.5 Å². The van der Waals surface area contributed by atoms with E-state index in [0.29, 0.717) is 30.0 Å². The van der Waals surface area contributed by atoms with Crippen molar-refractivity contribution in [2.75, 3.05) is 29.1 Å². The van der Waals surface area contributed by atoms with E-state index in [0.717, 1.165) is 16.6 Å². The zero-order chi connectivity index (χ0) is 22.0. The summed E-state index contributed by atoms with van der Waals surface area (Å²) in [5.41, 5.74) is 20.3. The van der Waals surface area contributed by atoms with E-state index in [1.165, 1.54) is 12.1 Å². The lowest BCUT2D eigenvalue weighted by Gasteiger charge is -2.10. The second-order valence-corrected chi connectivity index (χ2v) is 9.04. The summed E-state index contributed by atoms with van der Waals surface area (Å²) in [6.07, 6.45) is 0.716. The molecule has 8 nitrogen and oxygen atoms in total. The average molecular weight is 435 g/mol. The second kappa shape index (κ2) is 8.11. The van der Waals surface area contributed by atoms with E-state index in [-0.39, 0.29) is 15.7 Å². The Hall–Kier alpha value is -3.85. The minimum atomic E-state index is -3.57. The lowest BCUT2D eigenvalue weighted by molar-refractivity contribution is 0.596. The molecule has 3 aromatic carbocycles. The molecular weight excluding hydrogens is 412 g/mol. The molecule has 0 saturated heterocycles. The van der Waals surface area contributed by atoms with Gasteiger partial charge in [0.1, 0.15) is 5.82 Å². The largest absolute Gasteiger partial charge is 0.399 e. The van der Waals surface area contributed by atoms with Crippen molar-refractivity contribution in [3.8, 4) is 0 Å². The first-order valence-corrected chi connectivity index (χ1v) is 11.1. The number of hydrogen-bond donors (Lipinski definition) is 4. The Balaban J connectivity index is 1.42. The molecule has 0 aliphatic carbocycles. The van der Waals surface area contributed by atoms with Gasteiger partial charge in [0, 0.05) is 23.3 Å². The smallest absolute Gasteiger partial charge is 0.222 e. The summed E-state index contributed by atoms with van der Waals surface area (Å²) in [5.74, 6) is 0.483. The number of hydrogen-bond acceptors (Lipinski definition) is 8. The normalized spacial score (nSPS) is 11.5. The maximum absolute atomic E-state index is 12.7. The fraction of sp³-hybridized carbons (Fsp3) is 0.0909. The van der Waals surface area contributed by atoms with Crippen LogP contribution in [0.3, 0.4) is 0 Å². The molecule has 4 rings (SSSR count). The van der Waals surface area contributed by atoms with Gasteiger partial charge in [-0.2, -0.15) is 4.98 Å². The number of sulfone groups is 1. The highest BCUT2D eigenvalue weighted by Gasteiger charge is 2.17. The number of nitrogens with two attached hydrogens (primary N) is 3. The summed E-state index contributed by atoms with van der Waals surface area (Å²) in [4.78, 5) is 8.62. The average Bonchev–Trinajstić information content (AvgIpc) is 2.75. The Bertz CT molecular complexity index is 1340. The van der Waals surface area contributed by atoms with Crippen molar-refractivity contribution in [3.63, 3.8) is 0 Å². The van der Waals surface area contributed by atoms with E-state index in [1.807, 2.05) is 30.3 Å². The second-order valence-electron chi connectivity index (χ2n) is 7.09. The predicted octanol–water partition coefficient (Wildman–Crippen LogP) is 2.86. The maximum Gasteiger partial charge on any atom is 0.222 e. The van der Waals surface area contributed by atoms with Crippen molar-refractivity contribution < 1.29 is 8.42 Å². The Morgan fingerprint density at radius 2 is 1.45 bits per heavy atom. The highest BCUT2D eigenvalue weighted by atomic mass is 32.2. The summed E-state index contributed by atoms with van der Waals surface area (Å²) < 4.78 is 25.5. The van der Waals surface area contributed by atoms with E-state index < -0.39 is 9.84 Å². The Morgan fingerprint density at radius 1 is 0.806 bits per heavy atom. The molecule has 0 unspecified atom stereocenters. The van der Waals surface area contributed by atoms with Crippen LogP contribution in [0.2, 0.25) is 0 Å². The third-order valence-corrected chi connectivity index (χ3v) is 6.69. The molecule has 4 aromatic rings. The fourth-order valence-corrected chi connectivity index (χ4v) is 4.51. The molecule has 0 bridgehead atoms. The van der Waals surface area contributed by atoms with Crippen molar-refractivity contribution >= 4 is 43.9 Å². The summed E-state index contributed by atoms with van der Waals surface area (Å²) in [7, 11) is -3.57. The Labute approximate surface area is 180 Å². The number of anilines is 4. The molecule has 0 fully saturated rings. The number of nitrogen functional groups attached to an aromatic ring is 3. The minimum Gasteiger partial charge on any atom is -0.399 e. The number of aromatic nitrogens is 2. The maximum atomic E-state index is 12.7. The van der Waals surface area contributed by atoms with Crippen molar-refractivity contribution in [2.24, 2.45) is 0 Å². The van der Waals surface area contributed by atoms with Crippen LogP contribution in [0.4, 0.5) is 23.1 Å². The Morgan fingerprint density at radius 3 is 2.13 bits per heavy atom. The number of nitrogens with one attached hydrogen (secondary N) is 1. The SMILES string of the molecule is Nc1ccc(S(=O)(=O)c2ccc(CCNc3ccc4nc(N)nc(N)c4c3)cc2)cc1. The molecule has 0 radical (unpaired) electrons. The van der Waals surface area contributed by atoms with Gasteiger partial charge in [0.15, 0.2) is 0 Å². The third-order valence-electron chi connectivity index (χ3n) is 4.91. The van der Waals surface area contributed by atoms with Crippen molar-refractivity contribution in [1.82, 2.24) is 9.97 Å². The zero-order valence-corrected chi connectivity index (χ0v) is 17.4. The van der Waals surface area contributed by atoms with Crippen LogP contribution in [0.15, 0.2) is 76.5 Å². The number of rotatable bonds is 6.